The average Bonchev–Trinajstić information content (AvgIpc) is 2.92. The maximum absolute atomic E-state index is 2.39. The van der Waals surface area contributed by atoms with Gasteiger partial charge >= 0.3 is 0 Å². The summed E-state index contributed by atoms with van der Waals surface area (Å²) in [6.07, 6.45) is 9.95. The molecular formula is C21H26N2S. The molecule has 2 nitrogen and oxygen atoms in total. The zero-order valence-electron chi connectivity index (χ0n) is 15.0. The van der Waals surface area contributed by atoms with Crippen LogP contribution in [0.1, 0.15) is 37.1 Å². The molecule has 3 heteroatoms. The highest BCUT2D eigenvalue weighted by atomic mass is 32.2. The van der Waals surface area contributed by atoms with Gasteiger partial charge in [-0.15, -0.1) is 11.8 Å². The first-order valence-corrected chi connectivity index (χ1v) is 9.44. The van der Waals surface area contributed by atoms with E-state index in [-0.39, 0.29) is 0 Å². The number of hydrogen-bond acceptors (Lipinski definition) is 2. The average molecular weight is 339 g/mol. The van der Waals surface area contributed by atoms with E-state index in [0.717, 1.165) is 13.0 Å². The van der Waals surface area contributed by atoms with Crippen LogP contribution in [-0.2, 0) is 0 Å². The molecule has 1 aromatic carbocycles. The van der Waals surface area contributed by atoms with Gasteiger partial charge in [-0.3, -0.25) is 0 Å². The monoisotopic (exact) mass is 338 g/mol. The Morgan fingerprint density at radius 2 is 2.04 bits per heavy atom. The van der Waals surface area contributed by atoms with E-state index in [0.29, 0.717) is 5.25 Å². The first-order chi connectivity index (χ1) is 11.5. The number of thioether (sulfide) groups is 1. The van der Waals surface area contributed by atoms with E-state index in [1.54, 1.807) is 0 Å². The van der Waals surface area contributed by atoms with Crippen molar-refractivity contribution in [2.24, 2.45) is 0 Å². The van der Waals surface area contributed by atoms with Gasteiger partial charge in [-0.25, -0.2) is 0 Å². The summed E-state index contributed by atoms with van der Waals surface area (Å²) < 4.78 is 2.22. The number of aromatic nitrogens is 1. The normalized spacial score (nSPS) is 15.0. The fourth-order valence-electron chi connectivity index (χ4n) is 2.99. The van der Waals surface area contributed by atoms with Crippen molar-refractivity contribution in [1.82, 2.24) is 9.47 Å². The molecule has 3 rings (SSSR count). The van der Waals surface area contributed by atoms with E-state index >= 15 is 0 Å². The minimum absolute atomic E-state index is 0.592. The number of nitrogens with zero attached hydrogens (tertiary/aromatic N) is 2. The van der Waals surface area contributed by atoms with Crippen molar-refractivity contribution in [3.63, 3.8) is 0 Å². The smallest absolute Gasteiger partial charge is 0.0525 e. The molecular weight excluding hydrogens is 312 g/mol. The van der Waals surface area contributed by atoms with Crippen molar-refractivity contribution in [1.29, 1.82) is 0 Å². The predicted molar refractivity (Wildman–Crippen MR) is 107 cm³/mol. The van der Waals surface area contributed by atoms with E-state index in [9.17, 15) is 0 Å². The Morgan fingerprint density at radius 1 is 1.21 bits per heavy atom. The molecule has 0 aliphatic carbocycles. The van der Waals surface area contributed by atoms with Crippen molar-refractivity contribution < 1.29 is 0 Å². The van der Waals surface area contributed by atoms with Gasteiger partial charge in [0.1, 0.15) is 0 Å². The molecule has 0 bridgehead atoms. The molecule has 0 radical (unpaired) electrons. The molecule has 1 aromatic heterocycles. The van der Waals surface area contributed by atoms with Gasteiger partial charge in [0.15, 0.2) is 0 Å². The van der Waals surface area contributed by atoms with E-state index in [1.165, 1.54) is 27.3 Å². The third-order valence-corrected chi connectivity index (χ3v) is 5.08. The third kappa shape index (κ3) is 3.85. The molecule has 0 fully saturated rings. The van der Waals surface area contributed by atoms with Crippen molar-refractivity contribution in [3.8, 4) is 0 Å². The minimum atomic E-state index is 0.592. The van der Waals surface area contributed by atoms with Gasteiger partial charge < -0.3 is 9.47 Å². The predicted octanol–water partition coefficient (Wildman–Crippen LogP) is 5.31. The SMILES string of the molecule is CC(C)Sc1ccc2c(c1)/C(=C\CCN(C)C)c1cccn1C=C2. The van der Waals surface area contributed by atoms with Gasteiger partial charge in [0.25, 0.3) is 0 Å². The Kier molecular flexibility index (Phi) is 5.32. The van der Waals surface area contributed by atoms with Crippen LogP contribution in [0.2, 0.25) is 0 Å². The van der Waals surface area contributed by atoms with Crippen molar-refractivity contribution in [2.45, 2.75) is 30.4 Å². The third-order valence-electron chi connectivity index (χ3n) is 4.08. The molecule has 126 valence electrons. The Balaban J connectivity index is 2.05. The summed E-state index contributed by atoms with van der Waals surface area (Å²) in [7, 11) is 4.25. The minimum Gasteiger partial charge on any atom is -0.323 e. The van der Waals surface area contributed by atoms with Crippen LogP contribution in [0.25, 0.3) is 17.8 Å². The van der Waals surface area contributed by atoms with Gasteiger partial charge in [-0.05, 0) is 62.0 Å². The molecule has 0 saturated heterocycles. The summed E-state index contributed by atoms with van der Waals surface area (Å²) in [5.74, 6) is 0. The Labute approximate surface area is 149 Å². The molecule has 0 saturated carbocycles. The maximum Gasteiger partial charge on any atom is 0.0525 e. The van der Waals surface area contributed by atoms with Gasteiger partial charge in [-0.2, -0.15) is 0 Å². The Morgan fingerprint density at radius 3 is 2.79 bits per heavy atom. The van der Waals surface area contributed by atoms with Crippen LogP contribution in [0.3, 0.4) is 0 Å². The zero-order chi connectivity index (χ0) is 17.1. The number of benzene rings is 1. The molecule has 2 aromatic rings. The van der Waals surface area contributed by atoms with Gasteiger partial charge in [-0.1, -0.05) is 26.0 Å². The molecule has 2 heterocycles. The van der Waals surface area contributed by atoms with E-state index in [1.807, 2.05) is 11.8 Å². The number of fused-ring (bicyclic) bond motifs is 2. The van der Waals surface area contributed by atoms with Crippen LogP contribution in [0, 0.1) is 0 Å². The lowest BCUT2D eigenvalue weighted by Gasteiger charge is -2.14. The highest BCUT2D eigenvalue weighted by Crippen LogP contribution is 2.35. The molecule has 0 atom stereocenters. The first-order valence-electron chi connectivity index (χ1n) is 8.56. The van der Waals surface area contributed by atoms with E-state index < -0.39 is 0 Å². The van der Waals surface area contributed by atoms with Crippen LogP contribution in [0.15, 0.2) is 47.5 Å². The fraction of sp³-hybridized carbons (Fsp3) is 0.333. The highest BCUT2D eigenvalue weighted by Gasteiger charge is 2.15. The molecule has 0 unspecified atom stereocenters. The molecule has 1 aliphatic rings. The summed E-state index contributed by atoms with van der Waals surface area (Å²) in [5, 5.41) is 0.592. The standard InChI is InChI=1S/C21H26N2S/c1-16(2)24-18-10-9-17-11-14-23-13-6-8-21(23)19(20(17)15-18)7-5-12-22(3)4/h6-11,13-16H,5,12H2,1-4H3/b19-7+. The maximum atomic E-state index is 2.39. The molecule has 0 N–H and O–H groups in total. The Hall–Kier alpha value is -1.71. The summed E-state index contributed by atoms with van der Waals surface area (Å²) in [6, 6.07) is 11.2. The Bertz CT molecular complexity index is 766. The second-order valence-corrected chi connectivity index (χ2v) is 8.39. The summed E-state index contributed by atoms with van der Waals surface area (Å²) in [6.45, 7) is 5.55. The number of hydrogen-bond donors (Lipinski definition) is 0. The van der Waals surface area contributed by atoms with Crippen LogP contribution < -0.4 is 0 Å². The largest absolute Gasteiger partial charge is 0.323 e. The quantitative estimate of drug-likeness (QED) is 0.582. The fourth-order valence-corrected chi connectivity index (χ4v) is 3.87. The lowest BCUT2D eigenvalue weighted by atomic mass is 9.97. The van der Waals surface area contributed by atoms with Crippen LogP contribution in [-0.4, -0.2) is 35.4 Å². The van der Waals surface area contributed by atoms with Gasteiger partial charge in [0, 0.05) is 34.7 Å². The van der Waals surface area contributed by atoms with Crippen LogP contribution >= 0.6 is 11.8 Å². The van der Waals surface area contributed by atoms with Gasteiger partial charge in [0.05, 0.1) is 5.69 Å². The van der Waals surface area contributed by atoms with E-state index in [4.69, 9.17) is 0 Å². The second kappa shape index (κ2) is 7.45. The topological polar surface area (TPSA) is 8.17 Å². The lowest BCUT2D eigenvalue weighted by molar-refractivity contribution is 0.417. The second-order valence-electron chi connectivity index (χ2n) is 6.74. The molecule has 1 aliphatic heterocycles. The lowest BCUT2D eigenvalue weighted by Crippen LogP contribution is -2.12. The first kappa shape index (κ1) is 17.1. The molecule has 24 heavy (non-hydrogen) atoms. The molecule has 0 spiro atoms. The van der Waals surface area contributed by atoms with E-state index in [2.05, 4.69) is 92.3 Å². The summed E-state index contributed by atoms with van der Waals surface area (Å²) >= 11 is 1.93. The molecule has 0 amide bonds. The summed E-state index contributed by atoms with van der Waals surface area (Å²) in [5.41, 5.74) is 5.25. The van der Waals surface area contributed by atoms with Crippen LogP contribution in [0.4, 0.5) is 0 Å². The van der Waals surface area contributed by atoms with Crippen molar-refractivity contribution in [3.05, 3.63) is 59.4 Å². The van der Waals surface area contributed by atoms with Crippen LogP contribution in [0.5, 0.6) is 0 Å². The number of rotatable bonds is 5. The highest BCUT2D eigenvalue weighted by molar-refractivity contribution is 7.99. The summed E-state index contributed by atoms with van der Waals surface area (Å²) in [4.78, 5) is 3.58. The van der Waals surface area contributed by atoms with Gasteiger partial charge in [0.2, 0.25) is 0 Å². The zero-order valence-corrected chi connectivity index (χ0v) is 15.8. The van der Waals surface area contributed by atoms with Crippen molar-refractivity contribution >= 4 is 29.6 Å². The van der Waals surface area contributed by atoms with Crippen molar-refractivity contribution in [2.75, 3.05) is 20.6 Å².